The largest absolute Gasteiger partial charge is 0.444 e. The molecule has 5 nitrogen and oxygen atoms in total. The fraction of sp³-hybridized carbons (Fsp3) is 0.929. The van der Waals surface area contributed by atoms with E-state index < -0.39 is 5.60 Å². The zero-order valence-corrected chi connectivity index (χ0v) is 14.0. The lowest BCUT2D eigenvalue weighted by atomic mass is 10.1. The molecule has 2 unspecified atom stereocenters. The molecule has 6 heteroatoms. The SMILES string of the molecule is CN(C(CN)CCNC(=O)OC(C)(C)C)C1CCSC1. The number of nitrogens with one attached hydrogen (secondary N) is 1. The molecule has 1 rings (SSSR count). The first kappa shape index (κ1) is 17.6. The van der Waals surface area contributed by atoms with Crippen LogP contribution >= 0.6 is 11.8 Å². The van der Waals surface area contributed by atoms with E-state index in [1.54, 1.807) is 0 Å². The van der Waals surface area contributed by atoms with Crippen LogP contribution in [0.1, 0.15) is 33.6 Å². The minimum atomic E-state index is -0.449. The summed E-state index contributed by atoms with van der Waals surface area (Å²) in [7, 11) is 2.14. The van der Waals surface area contributed by atoms with E-state index in [9.17, 15) is 4.79 Å². The molecule has 1 saturated heterocycles. The fourth-order valence-electron chi connectivity index (χ4n) is 2.28. The number of thioether (sulfide) groups is 1. The Hall–Kier alpha value is -0.460. The average Bonchev–Trinajstić information content (AvgIpc) is 2.85. The van der Waals surface area contributed by atoms with E-state index in [1.165, 1.54) is 17.9 Å². The highest BCUT2D eigenvalue weighted by Crippen LogP contribution is 2.23. The Morgan fingerprint density at radius 1 is 1.55 bits per heavy atom. The zero-order valence-electron chi connectivity index (χ0n) is 13.1. The van der Waals surface area contributed by atoms with Crippen molar-refractivity contribution in [3.63, 3.8) is 0 Å². The number of nitrogens with two attached hydrogens (primary N) is 1. The van der Waals surface area contributed by atoms with Crippen LogP contribution in [0.3, 0.4) is 0 Å². The average molecular weight is 303 g/mol. The number of carbonyl (C=O) groups is 1. The Morgan fingerprint density at radius 3 is 2.75 bits per heavy atom. The van der Waals surface area contributed by atoms with E-state index in [0.717, 1.165) is 6.42 Å². The number of amides is 1. The van der Waals surface area contributed by atoms with Crippen molar-refractivity contribution in [1.29, 1.82) is 0 Å². The molecule has 1 amide bonds. The van der Waals surface area contributed by atoms with Gasteiger partial charge in [0.1, 0.15) is 5.60 Å². The van der Waals surface area contributed by atoms with Gasteiger partial charge in [-0.1, -0.05) is 0 Å². The van der Waals surface area contributed by atoms with Crippen molar-refractivity contribution in [2.45, 2.75) is 51.3 Å². The first-order valence-electron chi connectivity index (χ1n) is 7.30. The smallest absolute Gasteiger partial charge is 0.407 e. The van der Waals surface area contributed by atoms with E-state index in [4.69, 9.17) is 10.5 Å². The summed E-state index contributed by atoms with van der Waals surface area (Å²) < 4.78 is 5.22. The number of alkyl carbamates (subject to hydrolysis) is 1. The third kappa shape index (κ3) is 6.33. The van der Waals surface area contributed by atoms with Gasteiger partial charge < -0.3 is 15.8 Å². The summed E-state index contributed by atoms with van der Waals surface area (Å²) in [6.07, 6.45) is 1.73. The van der Waals surface area contributed by atoms with Gasteiger partial charge in [-0.25, -0.2) is 4.79 Å². The van der Waals surface area contributed by atoms with Crippen molar-refractivity contribution in [1.82, 2.24) is 10.2 Å². The molecular formula is C14H29N3O2S. The number of ether oxygens (including phenoxy) is 1. The first-order chi connectivity index (χ1) is 9.33. The number of carbonyl (C=O) groups excluding carboxylic acids is 1. The summed E-state index contributed by atoms with van der Waals surface area (Å²) in [6, 6.07) is 0.934. The van der Waals surface area contributed by atoms with Gasteiger partial charge in [0.2, 0.25) is 0 Å². The molecule has 1 fully saturated rings. The van der Waals surface area contributed by atoms with Crippen molar-refractivity contribution in [2.75, 3.05) is 31.6 Å². The second-order valence-corrected chi connectivity index (χ2v) is 7.44. The number of likely N-dealkylation sites (N-methyl/N-ethyl adjacent to an activating group) is 1. The van der Waals surface area contributed by atoms with Crippen LogP contribution in [-0.2, 0) is 4.74 Å². The molecule has 1 aliphatic rings. The molecule has 2 atom stereocenters. The first-order valence-corrected chi connectivity index (χ1v) is 8.45. The quantitative estimate of drug-likeness (QED) is 0.781. The summed E-state index contributed by atoms with van der Waals surface area (Å²) in [6.45, 7) is 6.80. The summed E-state index contributed by atoms with van der Waals surface area (Å²) in [4.78, 5) is 13.9. The highest BCUT2D eigenvalue weighted by molar-refractivity contribution is 7.99. The molecule has 0 spiro atoms. The number of hydrogen-bond acceptors (Lipinski definition) is 5. The van der Waals surface area contributed by atoms with Gasteiger partial charge in [-0.05, 0) is 46.4 Å². The molecule has 0 bridgehead atoms. The van der Waals surface area contributed by atoms with Crippen LogP contribution in [0.25, 0.3) is 0 Å². The second-order valence-electron chi connectivity index (χ2n) is 6.29. The molecule has 20 heavy (non-hydrogen) atoms. The minimum Gasteiger partial charge on any atom is -0.444 e. The van der Waals surface area contributed by atoms with Gasteiger partial charge >= 0.3 is 6.09 Å². The molecule has 0 radical (unpaired) electrons. The predicted octanol–water partition coefficient (Wildman–Crippen LogP) is 1.67. The maximum absolute atomic E-state index is 11.6. The molecule has 0 aliphatic carbocycles. The monoisotopic (exact) mass is 303 g/mol. The van der Waals surface area contributed by atoms with E-state index in [2.05, 4.69) is 17.3 Å². The van der Waals surface area contributed by atoms with Gasteiger partial charge in [0.05, 0.1) is 0 Å². The standard InChI is InChI=1S/C14H29N3O2S/c1-14(2,3)19-13(18)16-7-5-11(9-15)17(4)12-6-8-20-10-12/h11-12H,5-10,15H2,1-4H3,(H,16,18). The van der Waals surface area contributed by atoms with Crippen LogP contribution in [0.2, 0.25) is 0 Å². The summed E-state index contributed by atoms with van der Waals surface area (Å²) in [5.41, 5.74) is 5.42. The van der Waals surface area contributed by atoms with Crippen LogP contribution in [0.15, 0.2) is 0 Å². The van der Waals surface area contributed by atoms with Crippen LogP contribution in [0, 0.1) is 0 Å². The lowest BCUT2D eigenvalue weighted by molar-refractivity contribution is 0.0521. The normalized spacial score (nSPS) is 21.0. The Balaban J connectivity index is 2.28. The summed E-state index contributed by atoms with van der Waals surface area (Å²) in [5.74, 6) is 2.43. The Labute approximate surface area is 127 Å². The van der Waals surface area contributed by atoms with Crippen molar-refractivity contribution in [3.05, 3.63) is 0 Å². The van der Waals surface area contributed by atoms with Crippen LogP contribution in [0.5, 0.6) is 0 Å². The number of rotatable bonds is 6. The maximum Gasteiger partial charge on any atom is 0.407 e. The van der Waals surface area contributed by atoms with Gasteiger partial charge in [0.25, 0.3) is 0 Å². The van der Waals surface area contributed by atoms with Crippen molar-refractivity contribution >= 4 is 17.9 Å². The molecule has 3 N–H and O–H groups in total. The van der Waals surface area contributed by atoms with Crippen molar-refractivity contribution in [2.24, 2.45) is 5.73 Å². The molecule has 0 saturated carbocycles. The van der Waals surface area contributed by atoms with Crippen LogP contribution < -0.4 is 11.1 Å². The van der Waals surface area contributed by atoms with Crippen LogP contribution in [0.4, 0.5) is 4.79 Å². The van der Waals surface area contributed by atoms with Gasteiger partial charge in [-0.15, -0.1) is 0 Å². The second kappa shape index (κ2) is 8.10. The van der Waals surface area contributed by atoms with Crippen molar-refractivity contribution in [3.8, 4) is 0 Å². The molecule has 0 aromatic rings. The zero-order chi connectivity index (χ0) is 15.2. The predicted molar refractivity (Wildman–Crippen MR) is 85.2 cm³/mol. The van der Waals surface area contributed by atoms with E-state index in [-0.39, 0.29) is 6.09 Å². The lowest BCUT2D eigenvalue weighted by Gasteiger charge is -2.32. The Kier molecular flexibility index (Phi) is 7.12. The molecule has 1 heterocycles. The van der Waals surface area contributed by atoms with Gasteiger partial charge in [0, 0.05) is 30.9 Å². The third-order valence-corrected chi connectivity index (χ3v) is 4.62. The number of nitrogens with zero attached hydrogens (tertiary/aromatic N) is 1. The van der Waals surface area contributed by atoms with E-state index in [0.29, 0.717) is 25.2 Å². The summed E-state index contributed by atoms with van der Waals surface area (Å²) >= 11 is 2.00. The highest BCUT2D eigenvalue weighted by Gasteiger charge is 2.25. The van der Waals surface area contributed by atoms with Gasteiger partial charge in [0.15, 0.2) is 0 Å². The molecular weight excluding hydrogens is 274 g/mol. The molecule has 1 aliphatic heterocycles. The molecule has 118 valence electrons. The Morgan fingerprint density at radius 2 is 2.25 bits per heavy atom. The lowest BCUT2D eigenvalue weighted by Crippen LogP contribution is -2.46. The molecule has 0 aromatic heterocycles. The number of hydrogen-bond donors (Lipinski definition) is 2. The van der Waals surface area contributed by atoms with Crippen LogP contribution in [-0.4, -0.2) is 60.3 Å². The maximum atomic E-state index is 11.6. The topological polar surface area (TPSA) is 67.6 Å². The van der Waals surface area contributed by atoms with Crippen molar-refractivity contribution < 1.29 is 9.53 Å². The fourth-order valence-corrected chi connectivity index (χ4v) is 3.56. The van der Waals surface area contributed by atoms with E-state index in [1.807, 2.05) is 32.5 Å². The van der Waals surface area contributed by atoms with E-state index >= 15 is 0 Å². The Bertz CT molecular complexity index is 301. The highest BCUT2D eigenvalue weighted by atomic mass is 32.2. The minimum absolute atomic E-state index is 0.314. The van der Waals surface area contributed by atoms with Gasteiger partial charge in [-0.3, -0.25) is 4.90 Å². The van der Waals surface area contributed by atoms with Gasteiger partial charge in [-0.2, -0.15) is 11.8 Å². The summed E-state index contributed by atoms with van der Waals surface area (Å²) in [5, 5.41) is 2.80. The third-order valence-electron chi connectivity index (χ3n) is 3.48. The molecule has 0 aromatic carbocycles.